The van der Waals surface area contributed by atoms with Gasteiger partial charge in [-0.15, -0.1) is 0 Å². The molecular weight excluding hydrogens is 316 g/mol. The van der Waals surface area contributed by atoms with E-state index in [1.54, 1.807) is 24.3 Å². The van der Waals surface area contributed by atoms with E-state index in [1.165, 1.54) is 0 Å². The molecule has 5 nitrogen and oxygen atoms in total. The van der Waals surface area contributed by atoms with Crippen molar-refractivity contribution in [1.29, 1.82) is 0 Å². The Bertz CT molecular complexity index is 722. The van der Waals surface area contributed by atoms with E-state index in [0.717, 1.165) is 37.1 Å². The van der Waals surface area contributed by atoms with Gasteiger partial charge in [-0.2, -0.15) is 0 Å². The lowest BCUT2D eigenvalue weighted by Gasteiger charge is -2.27. The van der Waals surface area contributed by atoms with E-state index in [2.05, 4.69) is 10.2 Å². The first-order valence-electron chi connectivity index (χ1n) is 8.54. The topological polar surface area (TPSA) is 69.6 Å². The first-order valence-corrected chi connectivity index (χ1v) is 8.54. The van der Waals surface area contributed by atoms with Crippen LogP contribution in [-0.4, -0.2) is 35.0 Å². The van der Waals surface area contributed by atoms with Crippen LogP contribution in [0.15, 0.2) is 54.6 Å². The second kappa shape index (κ2) is 7.94. The SMILES string of the molecule is O=C(O)c1ccc(CNC(=O)[C@@H](c2ccccc2)N2CCCC2)cc1. The first-order chi connectivity index (χ1) is 12.1. The molecule has 2 aromatic rings. The molecule has 130 valence electrons. The van der Waals surface area contributed by atoms with Gasteiger partial charge in [-0.05, 0) is 49.2 Å². The molecule has 0 saturated carbocycles. The monoisotopic (exact) mass is 338 g/mol. The number of carbonyl (C=O) groups excluding carboxylic acids is 1. The van der Waals surface area contributed by atoms with E-state index in [0.29, 0.717) is 6.54 Å². The van der Waals surface area contributed by atoms with Crippen molar-refractivity contribution in [3.8, 4) is 0 Å². The minimum Gasteiger partial charge on any atom is -0.478 e. The minimum atomic E-state index is -0.950. The van der Waals surface area contributed by atoms with Gasteiger partial charge in [0, 0.05) is 6.54 Å². The van der Waals surface area contributed by atoms with Gasteiger partial charge in [-0.3, -0.25) is 9.69 Å². The van der Waals surface area contributed by atoms with Crippen molar-refractivity contribution in [1.82, 2.24) is 10.2 Å². The predicted octanol–water partition coefficient (Wildman–Crippen LogP) is 2.84. The second-order valence-electron chi connectivity index (χ2n) is 6.28. The maximum atomic E-state index is 12.8. The number of hydrogen-bond donors (Lipinski definition) is 2. The largest absolute Gasteiger partial charge is 0.478 e. The lowest BCUT2D eigenvalue weighted by atomic mass is 10.0. The molecule has 2 N–H and O–H groups in total. The molecular formula is C20H22N2O3. The Labute approximate surface area is 147 Å². The Morgan fingerprint density at radius 2 is 1.64 bits per heavy atom. The van der Waals surface area contributed by atoms with Crippen molar-refractivity contribution < 1.29 is 14.7 Å². The fraction of sp³-hybridized carbons (Fsp3) is 0.300. The summed E-state index contributed by atoms with van der Waals surface area (Å²) in [7, 11) is 0. The minimum absolute atomic E-state index is 0.0181. The molecule has 0 aliphatic carbocycles. The highest BCUT2D eigenvalue weighted by Crippen LogP contribution is 2.25. The van der Waals surface area contributed by atoms with Crippen LogP contribution in [0.5, 0.6) is 0 Å². The molecule has 1 amide bonds. The van der Waals surface area contributed by atoms with Gasteiger partial charge in [-0.25, -0.2) is 4.79 Å². The van der Waals surface area contributed by atoms with E-state index in [9.17, 15) is 9.59 Å². The Morgan fingerprint density at radius 3 is 2.24 bits per heavy atom. The highest BCUT2D eigenvalue weighted by atomic mass is 16.4. The average Bonchev–Trinajstić information content (AvgIpc) is 3.15. The maximum absolute atomic E-state index is 12.8. The molecule has 0 bridgehead atoms. The number of aromatic carboxylic acids is 1. The Kier molecular flexibility index (Phi) is 5.46. The quantitative estimate of drug-likeness (QED) is 0.850. The molecule has 5 heteroatoms. The van der Waals surface area contributed by atoms with Gasteiger partial charge in [0.25, 0.3) is 0 Å². The van der Waals surface area contributed by atoms with Crippen molar-refractivity contribution in [3.05, 3.63) is 71.3 Å². The molecule has 25 heavy (non-hydrogen) atoms. The number of benzene rings is 2. The van der Waals surface area contributed by atoms with Gasteiger partial charge < -0.3 is 10.4 Å². The zero-order valence-electron chi connectivity index (χ0n) is 14.0. The summed E-state index contributed by atoms with van der Waals surface area (Å²) in [6, 6.07) is 16.1. The van der Waals surface area contributed by atoms with Crippen LogP contribution in [0.1, 0.15) is 40.4 Å². The number of carbonyl (C=O) groups is 2. The molecule has 1 atom stereocenters. The number of carboxylic acids is 1. The van der Waals surface area contributed by atoms with Crippen LogP contribution < -0.4 is 5.32 Å². The van der Waals surface area contributed by atoms with Crippen LogP contribution in [0.3, 0.4) is 0 Å². The molecule has 1 heterocycles. The molecule has 0 spiro atoms. The third kappa shape index (κ3) is 4.25. The van der Waals surface area contributed by atoms with Gasteiger partial charge in [0.1, 0.15) is 6.04 Å². The van der Waals surface area contributed by atoms with E-state index in [-0.39, 0.29) is 17.5 Å². The van der Waals surface area contributed by atoms with Gasteiger partial charge in [-0.1, -0.05) is 42.5 Å². The number of nitrogens with zero attached hydrogens (tertiary/aromatic N) is 1. The van der Waals surface area contributed by atoms with Gasteiger partial charge in [0.2, 0.25) is 5.91 Å². The Morgan fingerprint density at radius 1 is 1.00 bits per heavy atom. The van der Waals surface area contributed by atoms with Crippen LogP contribution in [0, 0.1) is 0 Å². The van der Waals surface area contributed by atoms with Crippen LogP contribution in [0.25, 0.3) is 0 Å². The second-order valence-corrected chi connectivity index (χ2v) is 6.28. The van der Waals surface area contributed by atoms with Crippen molar-refractivity contribution in [2.24, 2.45) is 0 Å². The summed E-state index contributed by atoms with van der Waals surface area (Å²) in [6.45, 7) is 2.25. The maximum Gasteiger partial charge on any atom is 0.335 e. The zero-order chi connectivity index (χ0) is 17.6. The third-order valence-electron chi connectivity index (χ3n) is 4.54. The number of nitrogens with one attached hydrogen (secondary N) is 1. The average molecular weight is 338 g/mol. The highest BCUT2D eigenvalue weighted by molar-refractivity contribution is 5.87. The zero-order valence-corrected chi connectivity index (χ0v) is 14.0. The molecule has 0 unspecified atom stereocenters. The normalized spacial score (nSPS) is 15.7. The van der Waals surface area contributed by atoms with Crippen molar-refractivity contribution in [2.45, 2.75) is 25.4 Å². The summed E-state index contributed by atoms with van der Waals surface area (Å²) in [5, 5.41) is 11.9. The summed E-state index contributed by atoms with van der Waals surface area (Å²) >= 11 is 0. The summed E-state index contributed by atoms with van der Waals surface area (Å²) < 4.78 is 0. The van der Waals surface area contributed by atoms with Crippen molar-refractivity contribution >= 4 is 11.9 Å². The van der Waals surface area contributed by atoms with Gasteiger partial charge in [0.05, 0.1) is 5.56 Å². The van der Waals surface area contributed by atoms with Crippen LogP contribution in [0.2, 0.25) is 0 Å². The number of rotatable bonds is 6. The summed E-state index contributed by atoms with van der Waals surface area (Å²) in [5.41, 5.74) is 2.13. The molecule has 1 fully saturated rings. The fourth-order valence-electron chi connectivity index (χ4n) is 3.21. The van der Waals surface area contributed by atoms with E-state index < -0.39 is 5.97 Å². The Balaban J connectivity index is 1.69. The number of amides is 1. The van der Waals surface area contributed by atoms with E-state index >= 15 is 0 Å². The molecule has 1 saturated heterocycles. The molecule has 2 aromatic carbocycles. The highest BCUT2D eigenvalue weighted by Gasteiger charge is 2.29. The lowest BCUT2D eigenvalue weighted by Crippen LogP contribution is -2.39. The molecule has 0 radical (unpaired) electrons. The number of hydrogen-bond acceptors (Lipinski definition) is 3. The molecule has 3 rings (SSSR count). The van der Waals surface area contributed by atoms with Crippen LogP contribution in [-0.2, 0) is 11.3 Å². The summed E-state index contributed by atoms with van der Waals surface area (Å²) in [6.07, 6.45) is 2.24. The fourth-order valence-corrected chi connectivity index (χ4v) is 3.21. The first kappa shape index (κ1) is 17.2. The van der Waals surface area contributed by atoms with Crippen LogP contribution in [0.4, 0.5) is 0 Å². The predicted molar refractivity (Wildman–Crippen MR) is 95.2 cm³/mol. The number of likely N-dealkylation sites (tertiary alicyclic amines) is 1. The van der Waals surface area contributed by atoms with Gasteiger partial charge in [0.15, 0.2) is 0 Å². The van der Waals surface area contributed by atoms with Crippen molar-refractivity contribution in [2.75, 3.05) is 13.1 Å². The summed E-state index contributed by atoms with van der Waals surface area (Å²) in [5.74, 6) is -0.968. The molecule has 1 aliphatic heterocycles. The third-order valence-corrected chi connectivity index (χ3v) is 4.54. The Hall–Kier alpha value is -2.66. The molecule has 0 aromatic heterocycles. The standard InChI is InChI=1S/C20H22N2O3/c23-19(21-14-15-8-10-17(11-9-15)20(24)25)18(22-12-4-5-13-22)16-6-2-1-3-7-16/h1-3,6-11,18H,4-5,12-14H2,(H,21,23)(H,24,25)/t18-/m1/s1. The summed E-state index contributed by atoms with van der Waals surface area (Å²) in [4.78, 5) is 25.9. The van der Waals surface area contributed by atoms with Crippen LogP contribution >= 0.6 is 0 Å². The number of carboxylic acid groups (broad SMARTS) is 1. The smallest absolute Gasteiger partial charge is 0.335 e. The van der Waals surface area contributed by atoms with Crippen molar-refractivity contribution in [3.63, 3.8) is 0 Å². The van der Waals surface area contributed by atoms with Gasteiger partial charge >= 0.3 is 5.97 Å². The lowest BCUT2D eigenvalue weighted by molar-refractivity contribution is -0.126. The van der Waals surface area contributed by atoms with E-state index in [1.807, 2.05) is 30.3 Å². The molecule has 1 aliphatic rings. The van der Waals surface area contributed by atoms with E-state index in [4.69, 9.17) is 5.11 Å².